The molecular formula is C11H14Cl2N2OS. The predicted molar refractivity (Wildman–Crippen MR) is 74.2 cm³/mol. The van der Waals surface area contributed by atoms with Crippen LogP contribution in [0.3, 0.4) is 0 Å². The summed E-state index contributed by atoms with van der Waals surface area (Å²) in [6.45, 7) is 4.04. The first-order valence-corrected chi connectivity index (χ1v) is 7.16. The van der Waals surface area contributed by atoms with Gasteiger partial charge in [-0.25, -0.2) is 4.98 Å². The Hall–Kier alpha value is -0.450. The van der Waals surface area contributed by atoms with E-state index in [0.29, 0.717) is 5.56 Å². The number of thioether (sulfide) groups is 1. The van der Waals surface area contributed by atoms with Crippen LogP contribution in [0, 0.1) is 0 Å². The summed E-state index contributed by atoms with van der Waals surface area (Å²) in [5.41, 5.74) is 0.351. The molecule has 1 unspecified atom stereocenters. The van der Waals surface area contributed by atoms with Gasteiger partial charge >= 0.3 is 0 Å². The van der Waals surface area contributed by atoms with E-state index < -0.39 is 0 Å². The van der Waals surface area contributed by atoms with E-state index >= 15 is 0 Å². The lowest BCUT2D eigenvalue weighted by Gasteiger charge is -2.13. The van der Waals surface area contributed by atoms with E-state index in [4.69, 9.17) is 23.2 Å². The molecule has 0 fully saturated rings. The first-order chi connectivity index (χ1) is 8.04. The first-order valence-electron chi connectivity index (χ1n) is 5.25. The molecule has 0 aliphatic rings. The van der Waals surface area contributed by atoms with E-state index in [-0.39, 0.29) is 22.3 Å². The maximum absolute atomic E-state index is 11.9. The van der Waals surface area contributed by atoms with Crippen molar-refractivity contribution in [3.8, 4) is 0 Å². The van der Waals surface area contributed by atoms with E-state index in [1.165, 1.54) is 0 Å². The van der Waals surface area contributed by atoms with Crippen LogP contribution < -0.4 is 5.32 Å². The molecule has 1 rings (SSSR count). The van der Waals surface area contributed by atoms with Crippen molar-refractivity contribution in [2.45, 2.75) is 19.9 Å². The molecular weight excluding hydrogens is 279 g/mol. The van der Waals surface area contributed by atoms with Crippen LogP contribution >= 0.6 is 35.0 Å². The number of aromatic nitrogens is 1. The molecule has 1 atom stereocenters. The van der Waals surface area contributed by atoms with Crippen LogP contribution in [-0.2, 0) is 0 Å². The van der Waals surface area contributed by atoms with Crippen molar-refractivity contribution in [1.82, 2.24) is 10.3 Å². The minimum absolute atomic E-state index is 0.0965. The summed E-state index contributed by atoms with van der Waals surface area (Å²) >= 11 is 13.3. The van der Waals surface area contributed by atoms with Gasteiger partial charge in [-0.2, -0.15) is 11.8 Å². The van der Waals surface area contributed by atoms with Crippen molar-refractivity contribution in [3.05, 3.63) is 28.0 Å². The molecule has 94 valence electrons. The second-order valence-electron chi connectivity index (χ2n) is 3.51. The molecule has 0 saturated carbocycles. The fourth-order valence-electron chi connectivity index (χ4n) is 1.22. The molecule has 1 N–H and O–H groups in total. The van der Waals surface area contributed by atoms with Crippen molar-refractivity contribution in [2.75, 3.05) is 11.5 Å². The van der Waals surface area contributed by atoms with E-state index in [1.54, 1.807) is 23.9 Å². The van der Waals surface area contributed by atoms with Gasteiger partial charge in [0.05, 0.1) is 5.56 Å². The molecule has 0 bridgehead atoms. The molecule has 0 spiro atoms. The molecule has 0 aliphatic heterocycles. The highest BCUT2D eigenvalue weighted by Gasteiger charge is 2.14. The third-order valence-corrected chi connectivity index (χ3v) is 3.65. The molecule has 1 heterocycles. The number of halogens is 2. The summed E-state index contributed by atoms with van der Waals surface area (Å²) in [5.74, 6) is 1.69. The Morgan fingerprint density at radius 2 is 2.24 bits per heavy atom. The third-order valence-electron chi connectivity index (χ3n) is 2.01. The van der Waals surface area contributed by atoms with Gasteiger partial charge < -0.3 is 5.32 Å². The van der Waals surface area contributed by atoms with Crippen molar-refractivity contribution >= 4 is 40.9 Å². The average Bonchev–Trinajstić information content (AvgIpc) is 2.26. The number of amides is 1. The zero-order valence-corrected chi connectivity index (χ0v) is 12.0. The number of carbonyl (C=O) groups excluding carboxylic acids is 1. The van der Waals surface area contributed by atoms with Crippen molar-refractivity contribution in [1.29, 1.82) is 0 Å². The second-order valence-corrected chi connectivity index (χ2v) is 5.57. The van der Waals surface area contributed by atoms with E-state index in [1.807, 2.05) is 6.92 Å². The molecule has 0 radical (unpaired) electrons. The normalized spacial score (nSPS) is 12.2. The molecule has 0 aliphatic carbocycles. The first kappa shape index (κ1) is 14.6. The Balaban J connectivity index is 2.63. The summed E-state index contributed by atoms with van der Waals surface area (Å²) in [7, 11) is 0. The molecule has 1 amide bonds. The van der Waals surface area contributed by atoms with Crippen molar-refractivity contribution in [2.24, 2.45) is 0 Å². The summed E-state index contributed by atoms with van der Waals surface area (Å²) in [6.07, 6.45) is 0. The zero-order chi connectivity index (χ0) is 12.8. The Kier molecular flexibility index (Phi) is 6.09. The smallest absolute Gasteiger partial charge is 0.254 e. The lowest BCUT2D eigenvalue weighted by Crippen LogP contribution is -2.34. The summed E-state index contributed by atoms with van der Waals surface area (Å²) in [4.78, 5) is 15.7. The van der Waals surface area contributed by atoms with Gasteiger partial charge in [0.25, 0.3) is 5.91 Å². The van der Waals surface area contributed by atoms with Gasteiger partial charge in [0, 0.05) is 11.8 Å². The highest BCUT2D eigenvalue weighted by molar-refractivity contribution is 7.99. The molecule has 6 heteroatoms. The predicted octanol–water partition coefficient (Wildman–Crippen LogP) is 3.26. The third kappa shape index (κ3) is 4.74. The van der Waals surface area contributed by atoms with Crippen LogP contribution in [0.2, 0.25) is 10.3 Å². The van der Waals surface area contributed by atoms with Gasteiger partial charge in [0.2, 0.25) is 0 Å². The minimum Gasteiger partial charge on any atom is -0.349 e. The van der Waals surface area contributed by atoms with E-state index in [9.17, 15) is 4.79 Å². The Morgan fingerprint density at radius 1 is 1.53 bits per heavy atom. The number of hydrogen-bond donors (Lipinski definition) is 1. The van der Waals surface area contributed by atoms with Gasteiger partial charge in [0.15, 0.2) is 0 Å². The highest BCUT2D eigenvalue weighted by atomic mass is 35.5. The van der Waals surface area contributed by atoms with Gasteiger partial charge in [0.1, 0.15) is 10.3 Å². The van der Waals surface area contributed by atoms with Crippen LogP contribution in [0.1, 0.15) is 24.2 Å². The highest BCUT2D eigenvalue weighted by Crippen LogP contribution is 2.16. The lowest BCUT2D eigenvalue weighted by molar-refractivity contribution is 0.0943. The van der Waals surface area contributed by atoms with Crippen LogP contribution in [0.15, 0.2) is 12.1 Å². The number of carbonyl (C=O) groups is 1. The number of nitrogens with one attached hydrogen (secondary N) is 1. The minimum atomic E-state index is -0.219. The fourth-order valence-corrected chi connectivity index (χ4v) is 2.32. The molecule has 17 heavy (non-hydrogen) atoms. The van der Waals surface area contributed by atoms with Crippen LogP contribution in [0.25, 0.3) is 0 Å². The van der Waals surface area contributed by atoms with Crippen molar-refractivity contribution < 1.29 is 4.79 Å². The van der Waals surface area contributed by atoms with Gasteiger partial charge in [-0.05, 0) is 24.8 Å². The standard InChI is InChI=1S/C11H14Cl2N2OS/c1-3-17-6-7(2)14-11(16)8-4-5-9(12)15-10(8)13/h4-5,7H,3,6H2,1-2H3,(H,14,16). The average molecular weight is 293 g/mol. The number of pyridine rings is 1. The second kappa shape index (κ2) is 7.09. The Bertz CT molecular complexity index is 401. The molecule has 1 aromatic rings. The summed E-state index contributed by atoms with van der Waals surface area (Å²) in [5, 5.41) is 3.27. The van der Waals surface area contributed by atoms with Crippen molar-refractivity contribution in [3.63, 3.8) is 0 Å². The van der Waals surface area contributed by atoms with Crippen LogP contribution in [0.5, 0.6) is 0 Å². The lowest BCUT2D eigenvalue weighted by atomic mass is 10.2. The maximum atomic E-state index is 11.9. The number of nitrogens with zero attached hydrogens (tertiary/aromatic N) is 1. The Labute approximate surface area is 115 Å². The van der Waals surface area contributed by atoms with Crippen LogP contribution in [0.4, 0.5) is 0 Å². The van der Waals surface area contributed by atoms with E-state index in [0.717, 1.165) is 11.5 Å². The summed E-state index contributed by atoms with van der Waals surface area (Å²) in [6, 6.07) is 3.22. The maximum Gasteiger partial charge on any atom is 0.254 e. The molecule has 0 aromatic carbocycles. The van der Waals surface area contributed by atoms with Crippen LogP contribution in [-0.4, -0.2) is 28.4 Å². The molecule has 3 nitrogen and oxygen atoms in total. The van der Waals surface area contributed by atoms with Gasteiger partial charge in [-0.3, -0.25) is 4.79 Å². The van der Waals surface area contributed by atoms with Gasteiger partial charge in [-0.1, -0.05) is 30.1 Å². The Morgan fingerprint density at radius 3 is 2.82 bits per heavy atom. The number of rotatable bonds is 5. The quantitative estimate of drug-likeness (QED) is 0.847. The number of hydrogen-bond acceptors (Lipinski definition) is 3. The van der Waals surface area contributed by atoms with E-state index in [2.05, 4.69) is 17.2 Å². The molecule has 0 saturated heterocycles. The zero-order valence-electron chi connectivity index (χ0n) is 9.67. The topological polar surface area (TPSA) is 42.0 Å². The summed E-state index contributed by atoms with van der Waals surface area (Å²) < 4.78 is 0. The fraction of sp³-hybridized carbons (Fsp3) is 0.455. The monoisotopic (exact) mass is 292 g/mol. The van der Waals surface area contributed by atoms with Gasteiger partial charge in [-0.15, -0.1) is 0 Å². The molecule has 1 aromatic heterocycles. The SMILES string of the molecule is CCSCC(C)NC(=O)c1ccc(Cl)nc1Cl. The largest absolute Gasteiger partial charge is 0.349 e.